The molecule has 26 heteroatoms. The van der Waals surface area contributed by atoms with Gasteiger partial charge in [-0.2, -0.15) is 15.0 Å². The summed E-state index contributed by atoms with van der Waals surface area (Å²) in [5.74, 6) is -2.49. The van der Waals surface area contributed by atoms with Gasteiger partial charge in [0, 0.05) is 83.5 Å². The van der Waals surface area contributed by atoms with E-state index < -0.39 is 48.0 Å². The van der Waals surface area contributed by atoms with Crippen molar-refractivity contribution in [1.29, 1.82) is 0 Å². The third-order valence-electron chi connectivity index (χ3n) is 14.5. The molecule has 3 heterocycles. The molecule has 84 heavy (non-hydrogen) atoms. The zero-order valence-electron chi connectivity index (χ0n) is 50.4. The van der Waals surface area contributed by atoms with Gasteiger partial charge in [0.25, 0.3) is 0 Å². The first-order valence-electron chi connectivity index (χ1n) is 29.6. The molecule has 1 saturated heterocycles. The third kappa shape index (κ3) is 27.3. The zero-order chi connectivity index (χ0) is 61.6. The fraction of sp³-hybridized carbons (Fsp3) is 0.655. The van der Waals surface area contributed by atoms with Gasteiger partial charge in [0.1, 0.15) is 35.0 Å². The quantitative estimate of drug-likeness (QED) is 0.0325. The lowest BCUT2D eigenvalue weighted by Gasteiger charge is -2.32. The molecule has 470 valence electrons. The fourth-order valence-corrected chi connectivity index (χ4v) is 9.71. The lowest BCUT2D eigenvalue weighted by molar-refractivity contribution is -0.140. The maximum absolute atomic E-state index is 12.5. The molecule has 1 fully saturated rings. The summed E-state index contributed by atoms with van der Waals surface area (Å²) in [6.07, 6.45) is 9.74. The van der Waals surface area contributed by atoms with Gasteiger partial charge in [-0.05, 0) is 129 Å². The van der Waals surface area contributed by atoms with Gasteiger partial charge in [0.2, 0.25) is 23.8 Å². The molecule has 4 rings (SSSR count). The molecule has 0 radical (unpaired) electrons. The minimum absolute atomic E-state index is 0.000966. The number of carbonyl (C=O) groups is 5. The van der Waals surface area contributed by atoms with E-state index in [2.05, 4.69) is 67.5 Å². The number of ether oxygens (including phenoxy) is 1. The molecule has 3 unspecified atom stereocenters. The number of carboxylic acids is 3. The number of urea groups is 1. The van der Waals surface area contributed by atoms with Crippen molar-refractivity contribution in [3.63, 3.8) is 0 Å². The van der Waals surface area contributed by atoms with Crippen molar-refractivity contribution < 1.29 is 59.3 Å². The number of anilines is 4. The molecule has 1 aromatic carbocycles. The highest BCUT2D eigenvalue weighted by Crippen LogP contribution is 2.27. The van der Waals surface area contributed by atoms with Gasteiger partial charge >= 0.3 is 23.9 Å². The fourth-order valence-electron chi connectivity index (χ4n) is 9.71. The Hall–Kier alpha value is -6.84. The second-order valence-corrected chi connectivity index (χ2v) is 22.2. The Morgan fingerprint density at radius 1 is 0.702 bits per heavy atom. The number of hydrogen-bond acceptors (Lipinski definition) is 20. The number of aromatic nitrogens is 3. The minimum Gasteiger partial charge on any atom is -0.511 e. The van der Waals surface area contributed by atoms with Crippen LogP contribution in [0.1, 0.15) is 104 Å². The van der Waals surface area contributed by atoms with E-state index in [9.17, 15) is 49.5 Å². The normalized spacial score (nSPS) is 19.0. The van der Waals surface area contributed by atoms with Crippen molar-refractivity contribution >= 4 is 53.4 Å². The number of carbonyl (C=O) groups excluding carboxylic acids is 2. The lowest BCUT2D eigenvalue weighted by Crippen LogP contribution is -2.51. The average Bonchev–Trinajstić information content (AvgIpc) is 3.35. The Balaban J connectivity index is 1.25. The highest BCUT2D eigenvalue weighted by Gasteiger charge is 2.32. The van der Waals surface area contributed by atoms with Crippen molar-refractivity contribution in [3.8, 4) is 0 Å². The number of aliphatic hydroxyl groups is 3. The van der Waals surface area contributed by atoms with E-state index in [0.29, 0.717) is 82.7 Å². The van der Waals surface area contributed by atoms with Crippen LogP contribution in [0.25, 0.3) is 0 Å². The number of benzene rings is 1. The van der Waals surface area contributed by atoms with Crippen LogP contribution in [0, 0.1) is 0 Å². The molecule has 26 nitrogen and oxygen atoms in total. The van der Waals surface area contributed by atoms with Crippen LogP contribution < -0.4 is 36.8 Å². The molecule has 3 amide bonds. The summed E-state index contributed by atoms with van der Waals surface area (Å²) in [5, 5.41) is 78.9. The third-order valence-corrected chi connectivity index (χ3v) is 14.5. The molecule has 2 aromatic rings. The first-order chi connectivity index (χ1) is 40.0. The highest BCUT2D eigenvalue weighted by atomic mass is 16.5. The number of piperazine rings is 1. The van der Waals surface area contributed by atoms with Gasteiger partial charge in [0.15, 0.2) is 0 Å². The summed E-state index contributed by atoms with van der Waals surface area (Å²) in [7, 11) is 5.94. The summed E-state index contributed by atoms with van der Waals surface area (Å²) in [4.78, 5) is 83.6. The Morgan fingerprint density at radius 2 is 1.27 bits per heavy atom. The topological polar surface area (TPSA) is 343 Å². The van der Waals surface area contributed by atoms with Crippen LogP contribution in [0.3, 0.4) is 0 Å². The average molecular weight is 1180 g/mol. The van der Waals surface area contributed by atoms with Crippen LogP contribution >= 0.6 is 0 Å². The van der Waals surface area contributed by atoms with Gasteiger partial charge in [-0.1, -0.05) is 45.2 Å². The predicted octanol–water partition coefficient (Wildman–Crippen LogP) is 4.69. The molecule has 2 aliphatic heterocycles. The van der Waals surface area contributed by atoms with Crippen LogP contribution in [-0.4, -0.2) is 238 Å². The van der Waals surface area contributed by atoms with Crippen molar-refractivity contribution in [2.24, 2.45) is 0 Å². The van der Waals surface area contributed by atoms with E-state index in [4.69, 9.17) is 24.8 Å². The molecule has 0 spiro atoms. The Kier molecular flexibility index (Phi) is 30.5. The smallest absolute Gasteiger partial charge is 0.326 e. The monoisotopic (exact) mass is 1180 g/mol. The maximum Gasteiger partial charge on any atom is 0.326 e. The van der Waals surface area contributed by atoms with Crippen LogP contribution in [-0.2, 0) is 30.3 Å². The number of unbranched alkanes of at least 4 members (excludes halogenated alkanes) is 5. The van der Waals surface area contributed by atoms with Gasteiger partial charge in [-0.3, -0.25) is 19.4 Å². The predicted molar refractivity (Wildman–Crippen MR) is 323 cm³/mol. The molecular weight excluding hydrogens is 1080 g/mol. The second kappa shape index (κ2) is 36.8. The molecule has 1 aromatic heterocycles. The van der Waals surface area contributed by atoms with Gasteiger partial charge in [-0.15, -0.1) is 0 Å². The van der Waals surface area contributed by atoms with E-state index in [1.165, 1.54) is 0 Å². The summed E-state index contributed by atoms with van der Waals surface area (Å²) in [6, 6.07) is 4.17. The molecule has 12 N–H and O–H groups in total. The van der Waals surface area contributed by atoms with Crippen molar-refractivity contribution in [2.45, 2.75) is 135 Å². The van der Waals surface area contributed by atoms with Crippen molar-refractivity contribution in [2.75, 3.05) is 128 Å². The Labute approximate surface area is 495 Å². The highest BCUT2D eigenvalue weighted by molar-refractivity contribution is 5.86. The van der Waals surface area contributed by atoms with E-state index in [-0.39, 0.29) is 67.8 Å². The lowest BCUT2D eigenvalue weighted by atomic mass is 9.98. The standard InChI is InChI=1S/C58H96N14O12/c1-8-71(9-2)38-42(4)84-58(35-46(74)39-69(6)27-28-70(7)40-47(75)36-58)34-45(73)37-61-41(3)33-43-19-21-44(22-20-43)62-55-65-54(66-56(67-55)72-31-29-68(5)30-32-72)60-26-15-12-10-11-13-18-50(76)59-25-16-14-17-48(52(79)80)63-57(83)64-49(53(81)82)23-24-51(77)78/h19-22,34-36,41-42,48-49,61,73-75H,8-18,23-33,37-40H2,1-7H3,(H,59,76)(H,77,78)(H,79,80)(H,81,82)(H2,63,64,83)(H2,60,62,65,66,67)/b45-34+,46-35+,47-36?/t41?,42?,48-,49-,58?/m0/s1. The maximum atomic E-state index is 12.5. The minimum atomic E-state index is -1.49. The largest absolute Gasteiger partial charge is 0.511 e. The number of aliphatic carboxylic acids is 3. The van der Waals surface area contributed by atoms with Crippen molar-refractivity contribution in [1.82, 2.24) is 55.8 Å². The van der Waals surface area contributed by atoms with Gasteiger partial charge in [0.05, 0.1) is 25.7 Å². The summed E-state index contributed by atoms with van der Waals surface area (Å²) >= 11 is 0. The molecule has 2 aliphatic rings. The number of aliphatic hydroxyl groups excluding tert-OH is 3. The number of rotatable bonds is 36. The van der Waals surface area contributed by atoms with E-state index in [1.807, 2.05) is 62.0 Å². The number of amides is 3. The molecule has 0 aliphatic carbocycles. The number of nitrogens with one attached hydrogen (secondary N) is 6. The van der Waals surface area contributed by atoms with E-state index in [1.54, 1.807) is 18.2 Å². The zero-order valence-corrected chi connectivity index (χ0v) is 50.4. The number of nitrogens with zero attached hydrogens (tertiary/aromatic N) is 8. The van der Waals surface area contributed by atoms with E-state index >= 15 is 0 Å². The summed E-state index contributed by atoms with van der Waals surface area (Å²) in [5.41, 5.74) is 0.433. The molecule has 0 bridgehead atoms. The number of hydrogen-bond donors (Lipinski definition) is 12. The van der Waals surface area contributed by atoms with Crippen molar-refractivity contribution in [3.05, 3.63) is 65.3 Å². The first kappa shape index (κ1) is 69.7. The Morgan fingerprint density at radius 3 is 1.88 bits per heavy atom. The Bertz CT molecular complexity index is 2430. The van der Waals surface area contributed by atoms with Crippen LogP contribution in [0.15, 0.2) is 59.8 Å². The molecular formula is C58H96N14O12. The van der Waals surface area contributed by atoms with Crippen LogP contribution in [0.4, 0.5) is 28.3 Å². The SMILES string of the molecule is CCN(CC)CC(C)OC1(/C=C(/O)CNC(C)Cc2ccc(Nc3nc(NCCCCCCCC(=O)NCCCC[C@H](NC(=O)N[C@@H](CCC(=O)O)C(=O)O)C(=O)O)nc(N4CCN(C)CC4)n3)cc2)C=C(O)CN(C)CCN(C)C/C(O)=C\1. The van der Waals surface area contributed by atoms with Gasteiger partial charge < -0.3 is 82.0 Å². The van der Waals surface area contributed by atoms with Crippen LogP contribution in [0.2, 0.25) is 0 Å². The van der Waals surface area contributed by atoms with E-state index in [0.717, 1.165) is 76.2 Å². The van der Waals surface area contributed by atoms with Gasteiger partial charge in [-0.25, -0.2) is 14.4 Å². The number of carboxylic acid groups (broad SMARTS) is 3. The van der Waals surface area contributed by atoms with Crippen LogP contribution in [0.5, 0.6) is 0 Å². The second-order valence-electron chi connectivity index (χ2n) is 22.2. The summed E-state index contributed by atoms with van der Waals surface area (Å²) < 4.78 is 6.67. The first-order valence-corrected chi connectivity index (χ1v) is 29.6. The molecule has 0 saturated carbocycles. The molecule has 5 atom stereocenters. The summed E-state index contributed by atoms with van der Waals surface area (Å²) in [6.45, 7) is 16.8. The number of likely N-dealkylation sites (N-methyl/N-ethyl adjacent to an activating group) is 4.